The fraction of sp³-hybridized carbons (Fsp3) is 0.222. The van der Waals surface area contributed by atoms with Crippen LogP contribution in [0.3, 0.4) is 0 Å². The van der Waals surface area contributed by atoms with Crippen LogP contribution < -0.4 is 4.90 Å². The Kier molecular flexibility index (Phi) is 4.48. The number of piperazine rings is 1. The van der Waals surface area contributed by atoms with Gasteiger partial charge in [-0.3, -0.25) is 9.59 Å². The molecular formula is C18H15F3N2O2. The first-order chi connectivity index (χ1) is 11.9. The van der Waals surface area contributed by atoms with Crippen molar-refractivity contribution in [1.29, 1.82) is 0 Å². The summed E-state index contributed by atoms with van der Waals surface area (Å²) in [5.74, 6) is -3.37. The molecule has 0 radical (unpaired) electrons. The molecule has 0 N–H and O–H groups in total. The maximum Gasteiger partial charge on any atom is 0.257 e. The van der Waals surface area contributed by atoms with Gasteiger partial charge >= 0.3 is 0 Å². The number of amides is 2. The van der Waals surface area contributed by atoms with Crippen LogP contribution in [0.1, 0.15) is 17.3 Å². The predicted octanol–water partition coefficient (Wildman–Crippen LogP) is 2.98. The average molecular weight is 348 g/mol. The van der Waals surface area contributed by atoms with Crippen LogP contribution in [0.15, 0.2) is 42.5 Å². The third-order valence-corrected chi connectivity index (χ3v) is 4.22. The fourth-order valence-corrected chi connectivity index (χ4v) is 2.88. The van der Waals surface area contributed by atoms with Crippen molar-refractivity contribution in [2.75, 3.05) is 18.0 Å². The summed E-state index contributed by atoms with van der Waals surface area (Å²) in [5, 5.41) is 0. The number of halogens is 3. The second-order valence-electron chi connectivity index (χ2n) is 5.74. The molecule has 0 saturated carbocycles. The van der Waals surface area contributed by atoms with Crippen molar-refractivity contribution in [1.82, 2.24) is 4.90 Å². The first kappa shape index (κ1) is 17.0. The van der Waals surface area contributed by atoms with Gasteiger partial charge in [-0.1, -0.05) is 12.1 Å². The fourth-order valence-electron chi connectivity index (χ4n) is 2.88. The van der Waals surface area contributed by atoms with Gasteiger partial charge in [0.15, 0.2) is 0 Å². The molecule has 4 nitrogen and oxygen atoms in total. The summed E-state index contributed by atoms with van der Waals surface area (Å²) < 4.78 is 40.8. The molecule has 130 valence electrons. The molecule has 1 heterocycles. The van der Waals surface area contributed by atoms with Crippen LogP contribution in [0.2, 0.25) is 0 Å². The zero-order valence-corrected chi connectivity index (χ0v) is 13.4. The normalized spacial score (nSPS) is 17.8. The van der Waals surface area contributed by atoms with Gasteiger partial charge in [-0.05, 0) is 31.2 Å². The molecule has 7 heteroatoms. The third kappa shape index (κ3) is 3.09. The number of hydrogen-bond acceptors (Lipinski definition) is 2. The Bertz CT molecular complexity index is 841. The summed E-state index contributed by atoms with van der Waals surface area (Å²) in [6.45, 7) is 1.64. The van der Waals surface area contributed by atoms with E-state index in [0.29, 0.717) is 6.07 Å². The molecule has 2 aromatic rings. The van der Waals surface area contributed by atoms with Gasteiger partial charge in [-0.15, -0.1) is 0 Å². The smallest absolute Gasteiger partial charge is 0.257 e. The first-order valence-electron chi connectivity index (χ1n) is 7.72. The number of anilines is 1. The number of carbonyl (C=O) groups is 2. The molecule has 1 aliphatic heterocycles. The van der Waals surface area contributed by atoms with Gasteiger partial charge in [-0.25, -0.2) is 13.2 Å². The summed E-state index contributed by atoms with van der Waals surface area (Å²) in [7, 11) is 0. The second-order valence-corrected chi connectivity index (χ2v) is 5.74. The van der Waals surface area contributed by atoms with Crippen LogP contribution in [0.25, 0.3) is 0 Å². The Balaban J connectivity index is 1.84. The van der Waals surface area contributed by atoms with E-state index in [1.54, 1.807) is 0 Å². The Hall–Kier alpha value is -2.83. The van der Waals surface area contributed by atoms with Crippen molar-refractivity contribution >= 4 is 17.5 Å². The summed E-state index contributed by atoms with van der Waals surface area (Å²) in [6, 6.07) is 7.57. The van der Waals surface area contributed by atoms with E-state index in [1.165, 1.54) is 47.1 Å². The van der Waals surface area contributed by atoms with Gasteiger partial charge in [0.05, 0.1) is 11.3 Å². The number of hydrogen-bond donors (Lipinski definition) is 0. The van der Waals surface area contributed by atoms with Gasteiger partial charge < -0.3 is 9.80 Å². The maximum absolute atomic E-state index is 13.9. The summed E-state index contributed by atoms with van der Waals surface area (Å²) >= 11 is 0. The highest BCUT2D eigenvalue weighted by Gasteiger charge is 2.36. The molecule has 0 unspecified atom stereocenters. The maximum atomic E-state index is 13.9. The van der Waals surface area contributed by atoms with E-state index in [0.717, 1.165) is 6.07 Å². The lowest BCUT2D eigenvalue weighted by molar-refractivity contribution is -0.124. The lowest BCUT2D eigenvalue weighted by atomic mass is 10.1. The van der Waals surface area contributed by atoms with Crippen molar-refractivity contribution in [3.63, 3.8) is 0 Å². The van der Waals surface area contributed by atoms with E-state index >= 15 is 0 Å². The van der Waals surface area contributed by atoms with Crippen LogP contribution in [0, 0.1) is 17.5 Å². The molecule has 0 spiro atoms. The molecule has 0 bridgehead atoms. The van der Waals surface area contributed by atoms with E-state index in [-0.39, 0.29) is 24.3 Å². The van der Waals surface area contributed by atoms with Crippen LogP contribution in [0.4, 0.5) is 18.9 Å². The molecule has 1 aliphatic rings. The molecule has 2 aromatic carbocycles. The van der Waals surface area contributed by atoms with Gasteiger partial charge in [0.25, 0.3) is 5.91 Å². The molecule has 0 aromatic heterocycles. The van der Waals surface area contributed by atoms with Gasteiger partial charge in [0, 0.05) is 19.2 Å². The van der Waals surface area contributed by atoms with E-state index < -0.39 is 35.3 Å². The lowest BCUT2D eigenvalue weighted by Gasteiger charge is -2.39. The van der Waals surface area contributed by atoms with Crippen molar-refractivity contribution in [2.45, 2.75) is 13.0 Å². The van der Waals surface area contributed by atoms with Crippen molar-refractivity contribution < 1.29 is 22.8 Å². The quantitative estimate of drug-likeness (QED) is 0.837. The first-order valence-corrected chi connectivity index (χ1v) is 7.72. The molecule has 1 saturated heterocycles. The van der Waals surface area contributed by atoms with Crippen LogP contribution in [-0.2, 0) is 4.79 Å². The van der Waals surface area contributed by atoms with Crippen molar-refractivity contribution in [2.24, 2.45) is 0 Å². The molecule has 3 rings (SSSR count). The van der Waals surface area contributed by atoms with E-state index in [4.69, 9.17) is 0 Å². The highest BCUT2D eigenvalue weighted by Crippen LogP contribution is 2.25. The minimum Gasteiger partial charge on any atom is -0.325 e. The Morgan fingerprint density at radius 1 is 1.04 bits per heavy atom. The Morgan fingerprint density at radius 2 is 1.76 bits per heavy atom. The largest absolute Gasteiger partial charge is 0.325 e. The van der Waals surface area contributed by atoms with Gasteiger partial charge in [0.2, 0.25) is 5.91 Å². The third-order valence-electron chi connectivity index (χ3n) is 4.22. The lowest BCUT2D eigenvalue weighted by Crippen LogP contribution is -2.58. The van der Waals surface area contributed by atoms with Crippen LogP contribution in [-0.4, -0.2) is 35.8 Å². The topological polar surface area (TPSA) is 40.6 Å². The second kappa shape index (κ2) is 6.58. The predicted molar refractivity (Wildman–Crippen MR) is 85.6 cm³/mol. The zero-order chi connectivity index (χ0) is 18.1. The van der Waals surface area contributed by atoms with Crippen LogP contribution in [0.5, 0.6) is 0 Å². The Labute approximate surface area is 142 Å². The standard InChI is InChI=1S/C18H15F3N2O2/c1-11-17(24)23(16-7-6-12(19)10-15(16)21)9-8-22(11)18(25)13-4-2-3-5-14(13)20/h2-7,10-11H,8-9H2,1H3/t11-/m1/s1. The molecule has 2 amide bonds. The number of rotatable bonds is 2. The summed E-state index contributed by atoms with van der Waals surface area (Å²) in [6.07, 6.45) is 0. The minimum atomic E-state index is -0.898. The highest BCUT2D eigenvalue weighted by molar-refractivity contribution is 6.03. The molecule has 0 aliphatic carbocycles. The van der Waals surface area contributed by atoms with E-state index in [1.807, 2.05) is 0 Å². The van der Waals surface area contributed by atoms with Crippen molar-refractivity contribution in [3.8, 4) is 0 Å². The van der Waals surface area contributed by atoms with Gasteiger partial charge in [-0.2, -0.15) is 0 Å². The number of carbonyl (C=O) groups excluding carboxylic acids is 2. The molecular weight excluding hydrogens is 333 g/mol. The van der Waals surface area contributed by atoms with Crippen LogP contribution >= 0.6 is 0 Å². The zero-order valence-electron chi connectivity index (χ0n) is 13.4. The summed E-state index contributed by atoms with van der Waals surface area (Å²) in [4.78, 5) is 27.5. The van der Waals surface area contributed by atoms with E-state index in [9.17, 15) is 22.8 Å². The van der Waals surface area contributed by atoms with Crippen molar-refractivity contribution in [3.05, 3.63) is 65.5 Å². The monoisotopic (exact) mass is 348 g/mol. The SMILES string of the molecule is C[C@@H]1C(=O)N(c2ccc(F)cc2F)CCN1C(=O)c1ccccc1F. The number of benzene rings is 2. The number of nitrogens with zero attached hydrogens (tertiary/aromatic N) is 2. The summed E-state index contributed by atoms with van der Waals surface area (Å²) in [5.41, 5.74) is -0.167. The molecule has 1 fully saturated rings. The molecule has 25 heavy (non-hydrogen) atoms. The minimum absolute atomic E-state index is 0.0336. The van der Waals surface area contributed by atoms with E-state index in [2.05, 4.69) is 0 Å². The highest BCUT2D eigenvalue weighted by atomic mass is 19.1. The Morgan fingerprint density at radius 3 is 2.44 bits per heavy atom. The average Bonchev–Trinajstić information content (AvgIpc) is 2.58. The van der Waals surface area contributed by atoms with Gasteiger partial charge in [0.1, 0.15) is 23.5 Å². The molecule has 1 atom stereocenters.